The Hall–Kier alpha value is -0.570. The summed E-state index contributed by atoms with van der Waals surface area (Å²) in [6, 6.07) is 0. The van der Waals surface area contributed by atoms with E-state index in [2.05, 4.69) is 11.7 Å². The molecule has 14 heavy (non-hydrogen) atoms. The third kappa shape index (κ3) is 14.0. The lowest BCUT2D eigenvalue weighted by Gasteiger charge is -2.00. The number of unbranched alkanes of at least 4 members (excludes halogenated alkanes) is 7. The van der Waals surface area contributed by atoms with Crippen molar-refractivity contribution in [3.63, 3.8) is 0 Å². The molecule has 0 spiro atoms. The molecule has 0 rings (SSSR count). The van der Waals surface area contributed by atoms with E-state index in [1.165, 1.54) is 44.9 Å². The molecule has 86 valence electrons. The van der Waals surface area contributed by atoms with Crippen LogP contribution in [0.1, 0.15) is 58.3 Å². The fourth-order valence-electron chi connectivity index (χ4n) is 1.37. The second-order valence-corrected chi connectivity index (χ2v) is 3.44. The molecule has 0 radical (unpaired) electrons. The largest absolute Gasteiger partial charge is 0.468 e. The molecule has 0 saturated heterocycles. The first-order valence-electron chi connectivity index (χ1n) is 5.47. The summed E-state index contributed by atoms with van der Waals surface area (Å²) < 4.78 is 4.60. The second kappa shape index (κ2) is 14.9. The van der Waals surface area contributed by atoms with Gasteiger partial charge in [-0.1, -0.05) is 51.9 Å². The van der Waals surface area contributed by atoms with E-state index in [4.69, 9.17) is 0 Å². The predicted octanol–water partition coefficient (Wildman–Crippen LogP) is 3.46. The lowest BCUT2D eigenvalue weighted by molar-refractivity contribution is -0.128. The minimum Gasteiger partial charge on any atom is -0.468 e. The minimum atomic E-state index is 0. The molecule has 0 amide bonds. The van der Waals surface area contributed by atoms with Crippen molar-refractivity contribution in [3.05, 3.63) is 0 Å². The molecule has 0 unspecified atom stereocenters. The van der Waals surface area contributed by atoms with E-state index >= 15 is 0 Å². The summed E-state index contributed by atoms with van der Waals surface area (Å²) in [6.45, 7) is 3.36. The predicted molar refractivity (Wildman–Crippen MR) is 59.6 cm³/mol. The number of carbonyl (C=O) groups excluding carboxylic acids is 1. The van der Waals surface area contributed by atoms with E-state index in [0.29, 0.717) is 13.1 Å². The first-order chi connectivity index (χ1) is 6.41. The van der Waals surface area contributed by atoms with Gasteiger partial charge in [-0.25, -0.2) is 0 Å². The Balaban J connectivity index is 0. The molecule has 0 aromatic heterocycles. The zero-order valence-electron chi connectivity index (χ0n) is 9.46. The highest BCUT2D eigenvalue weighted by molar-refractivity contribution is 5.36. The Kier molecular flexibility index (Phi) is 16.9. The van der Waals surface area contributed by atoms with Crippen LogP contribution in [-0.2, 0) is 9.53 Å². The van der Waals surface area contributed by atoms with E-state index in [9.17, 15) is 4.79 Å². The van der Waals surface area contributed by atoms with Gasteiger partial charge in [-0.2, -0.15) is 0 Å². The van der Waals surface area contributed by atoms with Crippen molar-refractivity contribution >= 4 is 6.47 Å². The number of carbonyl (C=O) groups is 1. The van der Waals surface area contributed by atoms with Crippen molar-refractivity contribution in [3.8, 4) is 0 Å². The molecule has 3 N–H and O–H groups in total. The van der Waals surface area contributed by atoms with Crippen LogP contribution in [0.25, 0.3) is 0 Å². The van der Waals surface area contributed by atoms with Crippen LogP contribution < -0.4 is 6.15 Å². The fourth-order valence-corrected chi connectivity index (χ4v) is 1.37. The van der Waals surface area contributed by atoms with Crippen molar-refractivity contribution in [2.75, 3.05) is 6.61 Å². The van der Waals surface area contributed by atoms with Crippen molar-refractivity contribution in [1.82, 2.24) is 6.15 Å². The summed E-state index contributed by atoms with van der Waals surface area (Å²) in [5, 5.41) is 0. The Morgan fingerprint density at radius 3 is 1.93 bits per heavy atom. The number of hydrogen-bond donors (Lipinski definition) is 1. The Labute approximate surface area is 87.8 Å². The van der Waals surface area contributed by atoms with Crippen molar-refractivity contribution < 1.29 is 9.53 Å². The summed E-state index contributed by atoms with van der Waals surface area (Å²) in [6.07, 6.45) is 10.3. The van der Waals surface area contributed by atoms with E-state index in [1.807, 2.05) is 0 Å². The molecular formula is C11H25NO2. The molecular weight excluding hydrogens is 178 g/mol. The molecule has 0 atom stereocenters. The van der Waals surface area contributed by atoms with Crippen LogP contribution in [0.2, 0.25) is 0 Å². The topological polar surface area (TPSA) is 61.3 Å². The van der Waals surface area contributed by atoms with Gasteiger partial charge in [-0.15, -0.1) is 0 Å². The summed E-state index contributed by atoms with van der Waals surface area (Å²) in [4.78, 5) is 9.79. The van der Waals surface area contributed by atoms with Crippen LogP contribution in [0.15, 0.2) is 0 Å². The van der Waals surface area contributed by atoms with Gasteiger partial charge in [-0.05, 0) is 6.42 Å². The molecule has 3 heteroatoms. The molecule has 0 heterocycles. The van der Waals surface area contributed by atoms with Gasteiger partial charge in [0, 0.05) is 0 Å². The van der Waals surface area contributed by atoms with Crippen LogP contribution in [0, 0.1) is 0 Å². The van der Waals surface area contributed by atoms with Gasteiger partial charge in [-0.3, -0.25) is 4.79 Å². The second-order valence-electron chi connectivity index (χ2n) is 3.44. The maximum absolute atomic E-state index is 9.79. The van der Waals surface area contributed by atoms with E-state index in [0.717, 1.165) is 6.42 Å². The van der Waals surface area contributed by atoms with Crippen LogP contribution in [0.5, 0.6) is 0 Å². The third-order valence-corrected chi connectivity index (χ3v) is 2.18. The SMILES string of the molecule is CCCCCCCCCCOC=O.N. The maximum Gasteiger partial charge on any atom is 0.293 e. The lowest BCUT2D eigenvalue weighted by atomic mass is 10.1. The Morgan fingerprint density at radius 2 is 1.43 bits per heavy atom. The summed E-state index contributed by atoms with van der Waals surface area (Å²) in [5.74, 6) is 0. The highest BCUT2D eigenvalue weighted by atomic mass is 16.5. The first kappa shape index (κ1) is 15.9. The molecule has 0 aliphatic heterocycles. The molecule has 3 nitrogen and oxygen atoms in total. The molecule has 0 bridgehead atoms. The first-order valence-corrected chi connectivity index (χ1v) is 5.47. The van der Waals surface area contributed by atoms with Gasteiger partial charge in [0.1, 0.15) is 0 Å². The van der Waals surface area contributed by atoms with Gasteiger partial charge >= 0.3 is 0 Å². The van der Waals surface area contributed by atoms with Crippen LogP contribution in [-0.4, -0.2) is 13.1 Å². The number of hydrogen-bond acceptors (Lipinski definition) is 3. The van der Waals surface area contributed by atoms with E-state index in [-0.39, 0.29) is 6.15 Å². The van der Waals surface area contributed by atoms with Crippen molar-refractivity contribution in [1.29, 1.82) is 0 Å². The van der Waals surface area contributed by atoms with Gasteiger partial charge < -0.3 is 10.9 Å². The van der Waals surface area contributed by atoms with E-state index in [1.54, 1.807) is 0 Å². The minimum absolute atomic E-state index is 0. The van der Waals surface area contributed by atoms with Gasteiger partial charge in [0.15, 0.2) is 0 Å². The Bertz CT molecular complexity index is 107. The van der Waals surface area contributed by atoms with Crippen LogP contribution in [0.4, 0.5) is 0 Å². The summed E-state index contributed by atoms with van der Waals surface area (Å²) >= 11 is 0. The maximum atomic E-state index is 9.79. The molecule has 0 aliphatic rings. The summed E-state index contributed by atoms with van der Waals surface area (Å²) in [7, 11) is 0. The molecule has 0 aliphatic carbocycles. The molecule has 0 fully saturated rings. The van der Waals surface area contributed by atoms with Crippen molar-refractivity contribution in [2.24, 2.45) is 0 Å². The average Bonchev–Trinajstić information content (AvgIpc) is 2.16. The highest BCUT2D eigenvalue weighted by Gasteiger charge is 1.91. The molecule has 0 aromatic carbocycles. The Morgan fingerprint density at radius 1 is 0.929 bits per heavy atom. The smallest absolute Gasteiger partial charge is 0.293 e. The normalized spacial score (nSPS) is 9.21. The van der Waals surface area contributed by atoms with E-state index < -0.39 is 0 Å². The zero-order chi connectivity index (χ0) is 9.78. The van der Waals surface area contributed by atoms with Crippen LogP contribution >= 0.6 is 0 Å². The van der Waals surface area contributed by atoms with Gasteiger partial charge in [0.05, 0.1) is 6.61 Å². The van der Waals surface area contributed by atoms with Gasteiger partial charge in [0.25, 0.3) is 6.47 Å². The molecule has 0 saturated carbocycles. The van der Waals surface area contributed by atoms with Gasteiger partial charge in [0.2, 0.25) is 0 Å². The summed E-state index contributed by atoms with van der Waals surface area (Å²) in [5.41, 5.74) is 0. The molecule has 0 aromatic rings. The highest BCUT2D eigenvalue weighted by Crippen LogP contribution is 2.07. The number of rotatable bonds is 10. The average molecular weight is 203 g/mol. The monoisotopic (exact) mass is 203 g/mol. The quantitative estimate of drug-likeness (QED) is 0.437. The third-order valence-electron chi connectivity index (χ3n) is 2.18. The zero-order valence-corrected chi connectivity index (χ0v) is 9.46. The standard InChI is InChI=1S/C11H22O2.H3N/c1-2-3-4-5-6-7-8-9-10-13-11-12;/h11H,2-10H2,1H3;1H3. The lowest BCUT2D eigenvalue weighted by Crippen LogP contribution is -1.91. The fraction of sp³-hybridized carbons (Fsp3) is 0.909. The number of ether oxygens (including phenoxy) is 1. The van der Waals surface area contributed by atoms with Crippen LogP contribution in [0.3, 0.4) is 0 Å². The van der Waals surface area contributed by atoms with Crippen molar-refractivity contribution in [2.45, 2.75) is 58.3 Å².